The minimum Gasteiger partial charge on any atom is -0.331 e. The summed E-state index contributed by atoms with van der Waals surface area (Å²) in [4.78, 5) is 4.70. The molecule has 3 nitrogen and oxygen atoms in total. The van der Waals surface area contributed by atoms with Gasteiger partial charge in [-0.25, -0.2) is 4.98 Å². The number of hydrogen-bond acceptors (Lipinski definition) is 2. The van der Waals surface area contributed by atoms with E-state index < -0.39 is 0 Å². The molecule has 0 aliphatic carbocycles. The molecular weight excluding hydrogens is 246 g/mol. The van der Waals surface area contributed by atoms with Crippen LogP contribution in [0, 0.1) is 11.3 Å². The second-order valence-corrected chi connectivity index (χ2v) is 4.95. The van der Waals surface area contributed by atoms with Crippen LogP contribution in [0.5, 0.6) is 0 Å². The van der Waals surface area contributed by atoms with Gasteiger partial charge in [0, 0.05) is 13.0 Å². The molecule has 0 N–H and O–H groups in total. The highest BCUT2D eigenvalue weighted by molar-refractivity contribution is 5.82. The molecule has 2 aromatic carbocycles. The van der Waals surface area contributed by atoms with Crippen LogP contribution in [-0.2, 0) is 7.05 Å². The Kier molecular flexibility index (Phi) is 3.00. The zero-order valence-corrected chi connectivity index (χ0v) is 11.5. The van der Waals surface area contributed by atoms with Crippen LogP contribution in [0.3, 0.4) is 0 Å². The molecule has 0 saturated heterocycles. The Bertz CT molecular complexity index is 794. The van der Waals surface area contributed by atoms with Crippen molar-refractivity contribution >= 4 is 11.0 Å². The first kappa shape index (κ1) is 12.4. The molecular formula is C17H15N3. The van der Waals surface area contributed by atoms with Crippen molar-refractivity contribution in [2.24, 2.45) is 7.05 Å². The van der Waals surface area contributed by atoms with Crippen molar-refractivity contribution < 1.29 is 0 Å². The average molecular weight is 261 g/mol. The van der Waals surface area contributed by atoms with Gasteiger partial charge < -0.3 is 4.57 Å². The normalized spacial score (nSPS) is 12.2. The van der Waals surface area contributed by atoms with Crippen molar-refractivity contribution in [3.05, 3.63) is 65.5 Å². The second kappa shape index (κ2) is 4.82. The maximum absolute atomic E-state index is 9.19. The van der Waals surface area contributed by atoms with E-state index in [-0.39, 0.29) is 5.92 Å². The number of hydrogen-bond donors (Lipinski definition) is 0. The molecule has 0 aliphatic heterocycles. The van der Waals surface area contributed by atoms with Gasteiger partial charge in [-0.3, -0.25) is 0 Å². The molecule has 1 aromatic heterocycles. The third-order valence-electron chi connectivity index (χ3n) is 3.75. The first-order valence-electron chi connectivity index (χ1n) is 6.62. The second-order valence-electron chi connectivity index (χ2n) is 4.95. The summed E-state index contributed by atoms with van der Waals surface area (Å²) in [6.45, 7) is 2.14. The molecule has 0 bridgehead atoms. The van der Waals surface area contributed by atoms with Crippen LogP contribution in [0.15, 0.2) is 48.5 Å². The van der Waals surface area contributed by atoms with Crippen molar-refractivity contribution in [2.45, 2.75) is 12.8 Å². The molecule has 1 unspecified atom stereocenters. The van der Waals surface area contributed by atoms with Crippen molar-refractivity contribution in [1.29, 1.82) is 5.26 Å². The minimum atomic E-state index is 0.195. The van der Waals surface area contributed by atoms with E-state index in [1.165, 1.54) is 5.56 Å². The Morgan fingerprint density at radius 1 is 1.10 bits per heavy atom. The van der Waals surface area contributed by atoms with Gasteiger partial charge in [-0.15, -0.1) is 0 Å². The summed E-state index contributed by atoms with van der Waals surface area (Å²) in [6, 6.07) is 18.2. The molecule has 98 valence electrons. The van der Waals surface area contributed by atoms with Crippen LogP contribution in [0.1, 0.15) is 29.8 Å². The summed E-state index contributed by atoms with van der Waals surface area (Å²) in [5, 5.41) is 9.19. The van der Waals surface area contributed by atoms with Crippen molar-refractivity contribution in [1.82, 2.24) is 9.55 Å². The monoisotopic (exact) mass is 261 g/mol. The van der Waals surface area contributed by atoms with E-state index in [0.717, 1.165) is 16.9 Å². The molecule has 0 saturated carbocycles. The van der Waals surface area contributed by atoms with Crippen LogP contribution >= 0.6 is 0 Å². The highest BCUT2D eigenvalue weighted by atomic mass is 15.1. The number of fused-ring (bicyclic) bond motifs is 1. The molecule has 3 heteroatoms. The zero-order valence-electron chi connectivity index (χ0n) is 11.5. The lowest BCUT2D eigenvalue weighted by Crippen LogP contribution is -2.04. The number of para-hydroxylation sites is 1. The van der Waals surface area contributed by atoms with E-state index in [1.807, 2.05) is 43.4 Å². The Labute approximate surface area is 118 Å². The Balaban J connectivity index is 2.18. The molecule has 1 atom stereocenters. The fraction of sp³-hybridized carbons (Fsp3) is 0.176. The third-order valence-corrected chi connectivity index (χ3v) is 3.75. The third kappa shape index (κ3) is 1.86. The summed E-state index contributed by atoms with van der Waals surface area (Å²) >= 11 is 0. The van der Waals surface area contributed by atoms with Crippen molar-refractivity contribution in [3.63, 3.8) is 0 Å². The van der Waals surface area contributed by atoms with E-state index in [2.05, 4.69) is 29.7 Å². The molecule has 0 aliphatic rings. The highest BCUT2D eigenvalue weighted by Gasteiger charge is 2.17. The largest absolute Gasteiger partial charge is 0.331 e. The fourth-order valence-corrected chi connectivity index (χ4v) is 2.60. The lowest BCUT2D eigenvalue weighted by atomic mass is 10.0. The number of nitrogens with zero attached hydrogens (tertiary/aromatic N) is 3. The Morgan fingerprint density at radius 3 is 2.55 bits per heavy atom. The van der Waals surface area contributed by atoms with Gasteiger partial charge in [0.1, 0.15) is 17.4 Å². The summed E-state index contributed by atoms with van der Waals surface area (Å²) in [5.41, 5.74) is 3.64. The van der Waals surface area contributed by atoms with Gasteiger partial charge in [0.05, 0.1) is 11.1 Å². The van der Waals surface area contributed by atoms with Crippen LogP contribution in [0.4, 0.5) is 0 Å². The summed E-state index contributed by atoms with van der Waals surface area (Å²) in [6.07, 6.45) is 0. The molecule has 0 spiro atoms. The van der Waals surface area contributed by atoms with Crippen LogP contribution in [-0.4, -0.2) is 9.55 Å². The lowest BCUT2D eigenvalue weighted by molar-refractivity contribution is 0.753. The number of benzene rings is 2. The van der Waals surface area contributed by atoms with Gasteiger partial charge in [-0.1, -0.05) is 43.3 Å². The number of rotatable bonds is 2. The van der Waals surface area contributed by atoms with E-state index in [4.69, 9.17) is 4.98 Å². The van der Waals surface area contributed by atoms with Gasteiger partial charge in [0.15, 0.2) is 0 Å². The van der Waals surface area contributed by atoms with E-state index >= 15 is 0 Å². The molecule has 0 radical (unpaired) electrons. The van der Waals surface area contributed by atoms with Gasteiger partial charge >= 0.3 is 0 Å². The van der Waals surface area contributed by atoms with Crippen LogP contribution < -0.4 is 0 Å². The Morgan fingerprint density at radius 2 is 1.85 bits per heavy atom. The summed E-state index contributed by atoms with van der Waals surface area (Å²) in [7, 11) is 2.01. The fourth-order valence-electron chi connectivity index (χ4n) is 2.60. The van der Waals surface area contributed by atoms with Gasteiger partial charge in [0.25, 0.3) is 0 Å². The van der Waals surface area contributed by atoms with E-state index in [0.29, 0.717) is 5.56 Å². The Hall–Kier alpha value is -2.60. The molecule has 3 aromatic rings. The standard InChI is InChI=1S/C17H15N3/c1-12(13-7-4-3-5-8-13)17-19-16-14(11-18)9-6-10-15(16)20(17)2/h3-10,12H,1-2H3. The SMILES string of the molecule is CC(c1ccccc1)c1nc2c(C#N)cccc2n1C. The molecule has 0 amide bonds. The lowest BCUT2D eigenvalue weighted by Gasteiger charge is -2.11. The number of nitriles is 1. The van der Waals surface area contributed by atoms with Crippen molar-refractivity contribution in [2.75, 3.05) is 0 Å². The molecule has 0 fully saturated rings. The molecule has 1 heterocycles. The van der Waals surface area contributed by atoms with Gasteiger partial charge in [-0.05, 0) is 17.7 Å². The van der Waals surface area contributed by atoms with Crippen molar-refractivity contribution in [3.8, 4) is 6.07 Å². The number of aromatic nitrogens is 2. The first-order chi connectivity index (χ1) is 9.72. The summed E-state index contributed by atoms with van der Waals surface area (Å²) < 4.78 is 2.08. The van der Waals surface area contributed by atoms with Crippen LogP contribution in [0.25, 0.3) is 11.0 Å². The van der Waals surface area contributed by atoms with Gasteiger partial charge in [-0.2, -0.15) is 5.26 Å². The minimum absolute atomic E-state index is 0.195. The van der Waals surface area contributed by atoms with Crippen LogP contribution in [0.2, 0.25) is 0 Å². The predicted molar refractivity (Wildman–Crippen MR) is 79.4 cm³/mol. The maximum Gasteiger partial charge on any atom is 0.116 e. The zero-order chi connectivity index (χ0) is 14.1. The molecule has 3 rings (SSSR count). The van der Waals surface area contributed by atoms with E-state index in [1.54, 1.807) is 0 Å². The number of aryl methyl sites for hydroxylation is 1. The predicted octanol–water partition coefficient (Wildman–Crippen LogP) is 3.60. The van der Waals surface area contributed by atoms with E-state index in [9.17, 15) is 5.26 Å². The maximum atomic E-state index is 9.19. The highest BCUT2D eigenvalue weighted by Crippen LogP contribution is 2.27. The molecule has 20 heavy (non-hydrogen) atoms. The quantitative estimate of drug-likeness (QED) is 0.707. The topological polar surface area (TPSA) is 41.6 Å². The average Bonchev–Trinajstić information content (AvgIpc) is 2.85. The smallest absolute Gasteiger partial charge is 0.116 e. The number of imidazole rings is 1. The van der Waals surface area contributed by atoms with Gasteiger partial charge in [0.2, 0.25) is 0 Å². The summed E-state index contributed by atoms with van der Waals surface area (Å²) in [5.74, 6) is 1.18. The first-order valence-corrected chi connectivity index (χ1v) is 6.62.